The molecule has 1 aliphatic heterocycles. The molecule has 0 bridgehead atoms. The van der Waals surface area contributed by atoms with Crippen LogP contribution in [-0.4, -0.2) is 69.7 Å². The van der Waals surface area contributed by atoms with Crippen LogP contribution < -0.4 is 5.32 Å². The summed E-state index contributed by atoms with van der Waals surface area (Å²) in [6.45, 7) is 1.64. The highest BCUT2D eigenvalue weighted by atomic mass is 16.6. The molecule has 170 valence electrons. The Bertz CT molecular complexity index is 866. The van der Waals surface area contributed by atoms with Crippen molar-refractivity contribution in [2.75, 3.05) is 46.8 Å². The first kappa shape index (κ1) is 23.4. The Morgan fingerprint density at radius 3 is 1.84 bits per heavy atom. The van der Waals surface area contributed by atoms with Gasteiger partial charge in [0.15, 0.2) is 5.54 Å². The van der Waals surface area contributed by atoms with Crippen molar-refractivity contribution in [3.05, 3.63) is 71.8 Å². The average molecular weight is 442 g/mol. The fourth-order valence-electron chi connectivity index (χ4n) is 3.35. The molecule has 4 amide bonds. The van der Waals surface area contributed by atoms with Crippen LogP contribution in [0.2, 0.25) is 0 Å². The lowest BCUT2D eigenvalue weighted by atomic mass is 9.83. The maximum absolute atomic E-state index is 13.4. The summed E-state index contributed by atoms with van der Waals surface area (Å²) in [5.41, 5.74) is -0.442. The number of nitrogens with one attached hydrogen (secondary N) is 1. The summed E-state index contributed by atoms with van der Waals surface area (Å²) in [6, 6.07) is 16.7. The van der Waals surface area contributed by atoms with E-state index >= 15 is 0 Å². The van der Waals surface area contributed by atoms with Crippen molar-refractivity contribution in [2.45, 2.75) is 5.54 Å². The molecule has 0 radical (unpaired) electrons. The van der Waals surface area contributed by atoms with E-state index in [-0.39, 0.29) is 13.2 Å². The third-order valence-electron chi connectivity index (χ3n) is 4.87. The van der Waals surface area contributed by atoms with E-state index in [2.05, 4.69) is 5.32 Å². The van der Waals surface area contributed by atoms with Crippen LogP contribution in [0.3, 0.4) is 0 Å². The molecule has 1 heterocycles. The van der Waals surface area contributed by atoms with Gasteiger partial charge >= 0.3 is 12.1 Å². The largest absolute Gasteiger partial charge is 0.446 e. The van der Waals surface area contributed by atoms with Crippen LogP contribution >= 0.6 is 0 Å². The Kier molecular flexibility index (Phi) is 8.32. The number of nitrogens with zero attached hydrogens (tertiary/aromatic N) is 1. The molecule has 0 spiro atoms. The van der Waals surface area contributed by atoms with E-state index in [0.717, 1.165) is 0 Å². The minimum absolute atomic E-state index is 0.103. The van der Waals surface area contributed by atoms with Gasteiger partial charge in [-0.2, -0.15) is 4.90 Å². The molecule has 0 aromatic heterocycles. The van der Waals surface area contributed by atoms with Gasteiger partial charge in [-0.15, -0.1) is 0 Å². The van der Waals surface area contributed by atoms with E-state index in [4.69, 9.17) is 18.9 Å². The average Bonchev–Trinajstić information content (AvgIpc) is 3.10. The zero-order valence-corrected chi connectivity index (χ0v) is 17.8. The number of carbonyl (C=O) groups excluding carboxylic acids is 3. The van der Waals surface area contributed by atoms with Crippen molar-refractivity contribution in [1.29, 1.82) is 0 Å². The smallest absolute Gasteiger partial charge is 0.425 e. The number of hydrogen-bond acceptors (Lipinski definition) is 7. The second kappa shape index (κ2) is 11.4. The summed E-state index contributed by atoms with van der Waals surface area (Å²) in [5, 5.41) is 2.69. The molecule has 0 unspecified atom stereocenters. The molecule has 32 heavy (non-hydrogen) atoms. The first-order valence-electron chi connectivity index (χ1n) is 10.2. The quantitative estimate of drug-likeness (QED) is 0.421. The maximum atomic E-state index is 13.4. The van der Waals surface area contributed by atoms with Crippen LogP contribution in [0, 0.1) is 0 Å². The predicted molar refractivity (Wildman–Crippen MR) is 114 cm³/mol. The molecule has 0 atom stereocenters. The Balaban J connectivity index is 1.63. The third-order valence-corrected chi connectivity index (χ3v) is 4.87. The molecule has 2 aromatic rings. The van der Waals surface area contributed by atoms with Gasteiger partial charge < -0.3 is 24.3 Å². The van der Waals surface area contributed by atoms with E-state index in [0.29, 0.717) is 42.5 Å². The number of imide groups is 3. The van der Waals surface area contributed by atoms with Crippen molar-refractivity contribution < 1.29 is 33.3 Å². The van der Waals surface area contributed by atoms with Crippen molar-refractivity contribution in [2.24, 2.45) is 0 Å². The fourth-order valence-corrected chi connectivity index (χ4v) is 3.35. The highest BCUT2D eigenvalue weighted by Gasteiger charge is 2.56. The third kappa shape index (κ3) is 5.13. The number of hydrogen-bond donors (Lipinski definition) is 1. The van der Waals surface area contributed by atoms with Crippen molar-refractivity contribution in [3.8, 4) is 0 Å². The van der Waals surface area contributed by atoms with E-state index < -0.39 is 23.6 Å². The second-order valence-corrected chi connectivity index (χ2v) is 6.88. The standard InChI is InChI=1S/C23H26N2O7/c1-29-12-13-30-14-15-31-16-17-32-22(28)25-20(26)23(24-21(25)27,18-8-4-2-5-9-18)19-10-6-3-7-11-19/h2-11H,12-17H2,1H3,(H,24,27). The molecule has 1 fully saturated rings. The minimum Gasteiger partial charge on any atom is -0.446 e. The zero-order chi connectivity index (χ0) is 22.8. The molecular weight excluding hydrogens is 416 g/mol. The molecule has 3 rings (SSSR count). The van der Waals surface area contributed by atoms with Crippen LogP contribution in [0.4, 0.5) is 9.59 Å². The van der Waals surface area contributed by atoms with Gasteiger partial charge in [-0.25, -0.2) is 9.59 Å². The molecule has 9 nitrogen and oxygen atoms in total. The van der Waals surface area contributed by atoms with Gasteiger partial charge in [-0.3, -0.25) is 4.79 Å². The highest BCUT2D eigenvalue weighted by molar-refractivity contribution is 6.18. The summed E-state index contributed by atoms with van der Waals surface area (Å²) in [6.07, 6.45) is -1.05. The normalized spacial score (nSPS) is 15.0. The van der Waals surface area contributed by atoms with Gasteiger partial charge in [0.25, 0.3) is 5.91 Å². The Morgan fingerprint density at radius 2 is 1.31 bits per heavy atom. The Labute approximate surface area is 186 Å². The molecular formula is C23H26N2O7. The zero-order valence-electron chi connectivity index (χ0n) is 17.8. The molecule has 1 N–H and O–H groups in total. The first-order chi connectivity index (χ1) is 15.6. The molecule has 1 aliphatic rings. The molecule has 0 saturated carbocycles. The van der Waals surface area contributed by atoms with Crippen LogP contribution in [0.1, 0.15) is 11.1 Å². The Hall–Kier alpha value is -3.27. The van der Waals surface area contributed by atoms with Gasteiger partial charge in [0.05, 0.1) is 33.0 Å². The van der Waals surface area contributed by atoms with Crippen molar-refractivity contribution >= 4 is 18.0 Å². The van der Waals surface area contributed by atoms with Crippen LogP contribution in [0.25, 0.3) is 0 Å². The number of ether oxygens (including phenoxy) is 4. The monoisotopic (exact) mass is 442 g/mol. The number of urea groups is 1. The predicted octanol–water partition coefficient (Wildman–Crippen LogP) is 2.30. The minimum atomic E-state index is -1.52. The van der Waals surface area contributed by atoms with E-state index in [9.17, 15) is 14.4 Å². The van der Waals surface area contributed by atoms with Crippen molar-refractivity contribution in [3.63, 3.8) is 0 Å². The Morgan fingerprint density at radius 1 is 0.812 bits per heavy atom. The number of benzene rings is 2. The number of methoxy groups -OCH3 is 1. The number of rotatable bonds is 11. The lowest BCUT2D eigenvalue weighted by Crippen LogP contribution is -2.45. The van der Waals surface area contributed by atoms with E-state index in [1.165, 1.54) is 0 Å². The molecule has 0 aliphatic carbocycles. The summed E-state index contributed by atoms with van der Waals surface area (Å²) >= 11 is 0. The molecule has 9 heteroatoms. The summed E-state index contributed by atoms with van der Waals surface area (Å²) in [7, 11) is 1.59. The highest BCUT2D eigenvalue weighted by Crippen LogP contribution is 2.36. The van der Waals surface area contributed by atoms with Gasteiger partial charge in [-0.1, -0.05) is 60.7 Å². The van der Waals surface area contributed by atoms with E-state index in [1.807, 2.05) is 0 Å². The van der Waals surface area contributed by atoms with Crippen molar-refractivity contribution in [1.82, 2.24) is 10.2 Å². The summed E-state index contributed by atoms with van der Waals surface area (Å²) in [4.78, 5) is 39.2. The molecule has 1 saturated heterocycles. The second-order valence-electron chi connectivity index (χ2n) is 6.88. The summed E-state index contributed by atoms with van der Waals surface area (Å²) < 4.78 is 20.5. The van der Waals surface area contributed by atoms with Gasteiger partial charge in [0.1, 0.15) is 6.61 Å². The van der Waals surface area contributed by atoms with Crippen LogP contribution in [0.5, 0.6) is 0 Å². The number of carbonyl (C=O) groups is 3. The van der Waals surface area contributed by atoms with Gasteiger partial charge in [0.2, 0.25) is 0 Å². The van der Waals surface area contributed by atoms with Crippen LogP contribution in [0.15, 0.2) is 60.7 Å². The van der Waals surface area contributed by atoms with Crippen LogP contribution in [-0.2, 0) is 29.3 Å². The maximum Gasteiger partial charge on any atom is 0.425 e. The lowest BCUT2D eigenvalue weighted by molar-refractivity contribution is -0.129. The first-order valence-corrected chi connectivity index (χ1v) is 10.2. The number of amides is 4. The SMILES string of the molecule is COCCOCCOCCOC(=O)N1C(=O)NC(c2ccccc2)(c2ccccc2)C1=O. The van der Waals surface area contributed by atoms with Gasteiger partial charge in [0, 0.05) is 7.11 Å². The van der Waals surface area contributed by atoms with Gasteiger partial charge in [-0.05, 0) is 11.1 Å². The summed E-state index contributed by atoms with van der Waals surface area (Å²) in [5.74, 6) is -0.725. The fraction of sp³-hybridized carbons (Fsp3) is 0.348. The molecule has 2 aromatic carbocycles. The van der Waals surface area contributed by atoms with E-state index in [1.54, 1.807) is 67.8 Å². The topological polar surface area (TPSA) is 103 Å². The lowest BCUT2D eigenvalue weighted by Gasteiger charge is -2.27.